The Morgan fingerprint density at radius 1 is 0.800 bits per heavy atom. The predicted octanol–water partition coefficient (Wildman–Crippen LogP) is 5.32. The van der Waals surface area contributed by atoms with Crippen molar-refractivity contribution >= 4 is 23.8 Å². The molecule has 7 heteroatoms. The van der Waals surface area contributed by atoms with E-state index in [9.17, 15) is 10.2 Å². The molecule has 0 amide bonds. The highest BCUT2D eigenvalue weighted by atomic mass is 35.5. The summed E-state index contributed by atoms with van der Waals surface area (Å²) in [6.45, 7) is 0. The molecule has 0 saturated heterocycles. The van der Waals surface area contributed by atoms with Crippen molar-refractivity contribution in [1.82, 2.24) is 9.97 Å². The molecule has 0 aliphatic rings. The van der Waals surface area contributed by atoms with Gasteiger partial charge in [-0.1, -0.05) is 54.1 Å². The fourth-order valence-corrected chi connectivity index (χ4v) is 2.95. The number of phenolic OH excluding ortho intramolecular Hbond substituents is 2. The van der Waals surface area contributed by atoms with Gasteiger partial charge in [0.25, 0.3) is 0 Å². The Labute approximate surface area is 178 Å². The van der Waals surface area contributed by atoms with E-state index in [1.807, 2.05) is 48.5 Å². The molecule has 30 heavy (non-hydrogen) atoms. The molecule has 1 heterocycles. The number of halogens is 1. The SMILES string of the molecule is Oc1ccc(/C=N/Nc2nc(-c3ccccc3)cc(-c3ccc(Cl)cc3)n2)c(O)c1. The molecule has 0 radical (unpaired) electrons. The number of nitrogens with one attached hydrogen (secondary N) is 1. The Bertz CT molecular complexity index is 1200. The van der Waals surface area contributed by atoms with Gasteiger partial charge in [0.1, 0.15) is 11.5 Å². The van der Waals surface area contributed by atoms with Crippen LogP contribution in [0.5, 0.6) is 11.5 Å². The van der Waals surface area contributed by atoms with E-state index in [4.69, 9.17) is 11.6 Å². The van der Waals surface area contributed by atoms with Crippen molar-refractivity contribution in [2.45, 2.75) is 0 Å². The van der Waals surface area contributed by atoms with Crippen molar-refractivity contribution in [1.29, 1.82) is 0 Å². The molecule has 0 unspecified atom stereocenters. The van der Waals surface area contributed by atoms with E-state index < -0.39 is 0 Å². The summed E-state index contributed by atoms with van der Waals surface area (Å²) >= 11 is 6.01. The highest BCUT2D eigenvalue weighted by Crippen LogP contribution is 2.26. The lowest BCUT2D eigenvalue weighted by Gasteiger charge is -2.08. The van der Waals surface area contributed by atoms with E-state index in [-0.39, 0.29) is 11.5 Å². The van der Waals surface area contributed by atoms with Crippen molar-refractivity contribution in [2.24, 2.45) is 5.10 Å². The molecular weight excluding hydrogens is 400 g/mol. The molecular formula is C23H17ClN4O2. The molecule has 3 aromatic carbocycles. The third-order valence-electron chi connectivity index (χ3n) is 4.32. The van der Waals surface area contributed by atoms with Crippen molar-refractivity contribution < 1.29 is 10.2 Å². The summed E-state index contributed by atoms with van der Waals surface area (Å²) in [5, 5.41) is 24.0. The maximum Gasteiger partial charge on any atom is 0.244 e. The minimum atomic E-state index is -0.0821. The summed E-state index contributed by atoms with van der Waals surface area (Å²) < 4.78 is 0. The van der Waals surface area contributed by atoms with Crippen LogP contribution in [0.1, 0.15) is 5.56 Å². The number of hydrazone groups is 1. The quantitative estimate of drug-likeness (QED) is 0.302. The van der Waals surface area contributed by atoms with Crippen LogP contribution >= 0.6 is 11.6 Å². The van der Waals surface area contributed by atoms with Gasteiger partial charge in [-0.05, 0) is 30.3 Å². The maximum atomic E-state index is 9.88. The summed E-state index contributed by atoms with van der Waals surface area (Å²) in [6.07, 6.45) is 1.43. The summed E-state index contributed by atoms with van der Waals surface area (Å²) in [6, 6.07) is 23.3. The third-order valence-corrected chi connectivity index (χ3v) is 4.57. The number of hydrogen-bond acceptors (Lipinski definition) is 6. The summed E-state index contributed by atoms with van der Waals surface area (Å²) in [7, 11) is 0. The highest BCUT2D eigenvalue weighted by molar-refractivity contribution is 6.30. The molecule has 0 saturated carbocycles. The van der Waals surface area contributed by atoms with Crippen LogP contribution in [0.15, 0.2) is 84.0 Å². The monoisotopic (exact) mass is 416 g/mol. The molecule has 3 N–H and O–H groups in total. The summed E-state index contributed by atoms with van der Waals surface area (Å²) in [5.41, 5.74) is 6.54. The first-order valence-electron chi connectivity index (χ1n) is 9.10. The minimum Gasteiger partial charge on any atom is -0.508 e. The van der Waals surface area contributed by atoms with E-state index in [2.05, 4.69) is 20.5 Å². The van der Waals surface area contributed by atoms with Crippen LogP contribution in [0.25, 0.3) is 22.5 Å². The van der Waals surface area contributed by atoms with Crippen LogP contribution in [-0.4, -0.2) is 26.4 Å². The van der Waals surface area contributed by atoms with Gasteiger partial charge in [0.2, 0.25) is 5.95 Å². The van der Waals surface area contributed by atoms with Gasteiger partial charge in [-0.2, -0.15) is 5.10 Å². The van der Waals surface area contributed by atoms with E-state index in [1.54, 1.807) is 18.2 Å². The van der Waals surface area contributed by atoms with E-state index in [0.29, 0.717) is 22.2 Å². The maximum absolute atomic E-state index is 9.88. The van der Waals surface area contributed by atoms with Crippen LogP contribution in [0.2, 0.25) is 5.02 Å². The molecule has 0 spiro atoms. The van der Waals surface area contributed by atoms with Crippen LogP contribution < -0.4 is 5.43 Å². The molecule has 4 rings (SSSR count). The Balaban J connectivity index is 1.68. The predicted molar refractivity (Wildman–Crippen MR) is 119 cm³/mol. The topological polar surface area (TPSA) is 90.6 Å². The average molecular weight is 417 g/mol. The van der Waals surface area contributed by atoms with E-state index in [1.165, 1.54) is 18.3 Å². The van der Waals surface area contributed by atoms with Crippen LogP contribution in [-0.2, 0) is 0 Å². The molecule has 0 aliphatic carbocycles. The Kier molecular flexibility index (Phi) is 5.59. The normalized spacial score (nSPS) is 11.0. The Morgan fingerprint density at radius 3 is 2.13 bits per heavy atom. The number of nitrogens with zero attached hydrogens (tertiary/aromatic N) is 3. The third kappa shape index (κ3) is 4.56. The van der Waals surface area contributed by atoms with Crippen LogP contribution in [0.4, 0.5) is 5.95 Å². The zero-order valence-corrected chi connectivity index (χ0v) is 16.5. The lowest BCUT2D eigenvalue weighted by molar-refractivity contribution is 0.450. The first-order valence-corrected chi connectivity index (χ1v) is 9.48. The standard InChI is InChI=1S/C23H17ClN4O2/c24-18-9-6-16(7-10-18)21-13-20(15-4-2-1-3-5-15)26-23(27-21)28-25-14-17-8-11-19(29)12-22(17)30/h1-14,29-30H,(H,26,27,28)/b25-14+. The van der Waals surface area contributed by atoms with Gasteiger partial charge in [-0.15, -0.1) is 0 Å². The number of aromatic hydroxyl groups is 2. The first kappa shape index (κ1) is 19.4. The molecule has 1 aromatic heterocycles. The van der Waals surface area contributed by atoms with Crippen molar-refractivity contribution in [2.75, 3.05) is 5.43 Å². The van der Waals surface area contributed by atoms with Gasteiger partial charge >= 0.3 is 0 Å². The molecule has 0 aliphatic heterocycles. The zero-order chi connectivity index (χ0) is 20.9. The van der Waals surface area contributed by atoms with Gasteiger partial charge < -0.3 is 10.2 Å². The number of rotatable bonds is 5. The summed E-state index contributed by atoms with van der Waals surface area (Å²) in [4.78, 5) is 9.09. The zero-order valence-electron chi connectivity index (χ0n) is 15.7. The molecule has 0 fully saturated rings. The second-order valence-corrected chi connectivity index (χ2v) is 6.88. The first-order chi connectivity index (χ1) is 14.6. The van der Waals surface area contributed by atoms with Gasteiger partial charge in [-0.3, -0.25) is 0 Å². The molecule has 6 nitrogen and oxygen atoms in total. The van der Waals surface area contributed by atoms with Crippen molar-refractivity contribution in [3.63, 3.8) is 0 Å². The number of benzene rings is 3. The minimum absolute atomic E-state index is 0.0240. The fraction of sp³-hybridized carbons (Fsp3) is 0. The molecule has 0 atom stereocenters. The number of aromatic nitrogens is 2. The Hall–Kier alpha value is -3.90. The molecule has 4 aromatic rings. The largest absolute Gasteiger partial charge is 0.508 e. The van der Waals surface area contributed by atoms with Gasteiger partial charge in [0, 0.05) is 27.8 Å². The number of phenols is 2. The highest BCUT2D eigenvalue weighted by Gasteiger charge is 2.09. The average Bonchev–Trinajstić information content (AvgIpc) is 2.76. The van der Waals surface area contributed by atoms with Gasteiger partial charge in [-0.25, -0.2) is 15.4 Å². The van der Waals surface area contributed by atoms with E-state index in [0.717, 1.165) is 16.8 Å². The van der Waals surface area contributed by atoms with E-state index >= 15 is 0 Å². The molecule has 0 bridgehead atoms. The smallest absolute Gasteiger partial charge is 0.244 e. The lowest BCUT2D eigenvalue weighted by atomic mass is 10.1. The van der Waals surface area contributed by atoms with Crippen molar-refractivity contribution in [3.8, 4) is 34.0 Å². The fourth-order valence-electron chi connectivity index (χ4n) is 2.82. The second-order valence-electron chi connectivity index (χ2n) is 6.45. The summed E-state index contributed by atoms with van der Waals surface area (Å²) in [5.74, 6) is 0.196. The van der Waals surface area contributed by atoms with Crippen LogP contribution in [0, 0.1) is 0 Å². The molecule has 148 valence electrons. The van der Waals surface area contributed by atoms with Crippen molar-refractivity contribution in [3.05, 3.63) is 89.4 Å². The number of anilines is 1. The van der Waals surface area contributed by atoms with Gasteiger partial charge in [0.05, 0.1) is 17.6 Å². The second kappa shape index (κ2) is 8.63. The van der Waals surface area contributed by atoms with Gasteiger partial charge in [0.15, 0.2) is 0 Å². The number of hydrogen-bond donors (Lipinski definition) is 3. The Morgan fingerprint density at radius 2 is 1.47 bits per heavy atom. The lowest BCUT2D eigenvalue weighted by Crippen LogP contribution is -2.00. The van der Waals surface area contributed by atoms with Crippen LogP contribution in [0.3, 0.4) is 0 Å².